The fraction of sp³-hybridized carbons (Fsp3) is 0.273. The van der Waals surface area contributed by atoms with Crippen LogP contribution in [0.1, 0.15) is 18.9 Å². The number of carbonyl (C=O) groups is 2. The molecule has 1 fully saturated rings. The van der Waals surface area contributed by atoms with E-state index in [1.165, 1.54) is 20.4 Å². The Morgan fingerprint density at radius 1 is 1.24 bits per heavy atom. The Morgan fingerprint density at radius 3 is 2.70 bits per heavy atom. The van der Waals surface area contributed by atoms with Crippen LogP contribution in [0.25, 0.3) is 0 Å². The van der Waals surface area contributed by atoms with E-state index in [9.17, 15) is 18.4 Å². The molecule has 0 unspecified atom stereocenters. The standard InChI is InChI=1S/C22H22F2N4O4S/c1-4-32-17-8-5-13(9-18(17)31-3)12-26-28-21(30)19(33-22(28)25-2)11-20(29)27-16-7-6-14(23)10-15(16)24/h5-10,12,19H,4,11H2,1-3H3,(H,27,29)/b25-22?,26-12-/t19-/m0/s1. The largest absolute Gasteiger partial charge is 0.493 e. The SMILES string of the molecule is CCOc1ccc(/C=N\N2C(=O)[C@H](CC(=O)Nc3ccc(F)cc3F)SC2=NC)cc1OC. The van der Waals surface area contributed by atoms with Crippen LogP contribution in [0.5, 0.6) is 11.5 Å². The smallest absolute Gasteiger partial charge is 0.263 e. The second-order valence-electron chi connectivity index (χ2n) is 6.73. The zero-order chi connectivity index (χ0) is 24.0. The van der Waals surface area contributed by atoms with Gasteiger partial charge in [0.1, 0.15) is 16.9 Å². The number of nitrogens with zero attached hydrogens (tertiary/aromatic N) is 3. The quantitative estimate of drug-likeness (QED) is 0.587. The molecular formula is C22H22F2N4O4S. The summed E-state index contributed by atoms with van der Waals surface area (Å²) in [6, 6.07) is 8.03. The molecule has 1 saturated heterocycles. The molecule has 0 aliphatic carbocycles. The Labute approximate surface area is 193 Å². The van der Waals surface area contributed by atoms with Gasteiger partial charge in [-0.25, -0.2) is 8.78 Å². The van der Waals surface area contributed by atoms with Crippen molar-refractivity contribution in [3.63, 3.8) is 0 Å². The molecule has 11 heteroatoms. The highest BCUT2D eigenvalue weighted by Gasteiger charge is 2.39. The number of ether oxygens (including phenoxy) is 2. The van der Waals surface area contributed by atoms with Crippen LogP contribution in [0.15, 0.2) is 46.5 Å². The van der Waals surface area contributed by atoms with E-state index in [-0.39, 0.29) is 12.1 Å². The number of carbonyl (C=O) groups excluding carboxylic acids is 2. The molecule has 2 aromatic carbocycles. The number of methoxy groups -OCH3 is 1. The van der Waals surface area contributed by atoms with E-state index in [1.807, 2.05) is 6.92 Å². The Bertz CT molecular complexity index is 1110. The Morgan fingerprint density at radius 2 is 2.03 bits per heavy atom. The van der Waals surface area contributed by atoms with Crippen LogP contribution >= 0.6 is 11.8 Å². The van der Waals surface area contributed by atoms with Gasteiger partial charge in [-0.15, -0.1) is 0 Å². The summed E-state index contributed by atoms with van der Waals surface area (Å²) >= 11 is 1.08. The van der Waals surface area contributed by atoms with Gasteiger partial charge >= 0.3 is 0 Å². The minimum absolute atomic E-state index is 0.166. The zero-order valence-corrected chi connectivity index (χ0v) is 19.0. The molecule has 1 heterocycles. The first-order valence-corrected chi connectivity index (χ1v) is 10.8. The van der Waals surface area contributed by atoms with Crippen molar-refractivity contribution >= 4 is 40.6 Å². The highest BCUT2D eigenvalue weighted by Crippen LogP contribution is 2.31. The Kier molecular flexibility index (Phi) is 7.99. The average molecular weight is 477 g/mol. The Hall–Kier alpha value is -3.47. The number of thioether (sulfide) groups is 1. The van der Waals surface area contributed by atoms with Crippen LogP contribution in [-0.4, -0.2) is 54.2 Å². The van der Waals surface area contributed by atoms with Gasteiger partial charge in [-0.1, -0.05) is 11.8 Å². The number of hydrogen-bond acceptors (Lipinski definition) is 7. The van der Waals surface area contributed by atoms with Crippen molar-refractivity contribution in [3.8, 4) is 11.5 Å². The summed E-state index contributed by atoms with van der Waals surface area (Å²) in [4.78, 5) is 29.2. The number of halogens is 2. The Balaban J connectivity index is 1.69. The number of amidine groups is 1. The van der Waals surface area contributed by atoms with Gasteiger partial charge in [0.2, 0.25) is 5.91 Å². The van der Waals surface area contributed by atoms with Crippen molar-refractivity contribution in [2.45, 2.75) is 18.6 Å². The third-order valence-electron chi connectivity index (χ3n) is 4.49. The molecule has 0 spiro atoms. The highest BCUT2D eigenvalue weighted by atomic mass is 32.2. The number of nitrogens with one attached hydrogen (secondary N) is 1. The summed E-state index contributed by atoms with van der Waals surface area (Å²) in [7, 11) is 3.03. The van der Waals surface area contributed by atoms with Gasteiger partial charge in [0.15, 0.2) is 16.7 Å². The third-order valence-corrected chi connectivity index (χ3v) is 5.71. The minimum atomic E-state index is -0.901. The number of hydrogen-bond donors (Lipinski definition) is 1. The van der Waals surface area contributed by atoms with E-state index in [4.69, 9.17) is 9.47 Å². The van der Waals surface area contributed by atoms with Crippen LogP contribution in [-0.2, 0) is 9.59 Å². The maximum absolute atomic E-state index is 13.8. The minimum Gasteiger partial charge on any atom is -0.493 e. The predicted octanol–water partition coefficient (Wildman–Crippen LogP) is 3.66. The highest BCUT2D eigenvalue weighted by molar-refractivity contribution is 8.15. The van der Waals surface area contributed by atoms with Crippen LogP contribution in [0.3, 0.4) is 0 Å². The number of benzene rings is 2. The topological polar surface area (TPSA) is 92.6 Å². The molecule has 3 rings (SSSR count). The molecular weight excluding hydrogens is 454 g/mol. The van der Waals surface area contributed by atoms with Crippen LogP contribution in [0.4, 0.5) is 14.5 Å². The molecule has 8 nitrogen and oxygen atoms in total. The second-order valence-corrected chi connectivity index (χ2v) is 7.90. The van der Waals surface area contributed by atoms with E-state index >= 15 is 0 Å². The van der Waals surface area contributed by atoms with E-state index in [2.05, 4.69) is 15.4 Å². The van der Waals surface area contributed by atoms with Gasteiger partial charge in [-0.3, -0.25) is 14.6 Å². The molecule has 0 saturated carbocycles. The average Bonchev–Trinajstić information content (AvgIpc) is 3.09. The van der Waals surface area contributed by atoms with Gasteiger partial charge in [0.25, 0.3) is 5.91 Å². The molecule has 1 atom stereocenters. The monoisotopic (exact) mass is 476 g/mol. The van der Waals surface area contributed by atoms with E-state index in [0.717, 1.165) is 28.9 Å². The molecule has 1 N–H and O–H groups in total. The molecule has 174 valence electrons. The third kappa shape index (κ3) is 5.86. The molecule has 1 aliphatic rings. The maximum Gasteiger partial charge on any atom is 0.263 e. The van der Waals surface area contributed by atoms with Crippen LogP contribution in [0.2, 0.25) is 0 Å². The number of anilines is 1. The van der Waals surface area contributed by atoms with Crippen LogP contribution < -0.4 is 14.8 Å². The van der Waals surface area contributed by atoms with E-state index in [0.29, 0.717) is 34.9 Å². The molecule has 2 aromatic rings. The summed E-state index contributed by atoms with van der Waals surface area (Å²) < 4.78 is 37.6. The number of aliphatic imine (C=N–C) groups is 1. The van der Waals surface area contributed by atoms with Gasteiger partial charge in [-0.05, 0) is 42.8 Å². The van der Waals surface area contributed by atoms with Crippen LogP contribution in [0, 0.1) is 11.6 Å². The zero-order valence-electron chi connectivity index (χ0n) is 18.2. The lowest BCUT2D eigenvalue weighted by atomic mass is 10.2. The molecule has 0 bridgehead atoms. The maximum atomic E-state index is 13.8. The molecule has 33 heavy (non-hydrogen) atoms. The van der Waals surface area contributed by atoms with Crippen molar-refractivity contribution in [3.05, 3.63) is 53.6 Å². The summed E-state index contributed by atoms with van der Waals surface area (Å²) in [5.41, 5.74) is 0.497. The first kappa shape index (κ1) is 24.2. The van der Waals surface area contributed by atoms with Gasteiger partial charge in [0, 0.05) is 19.5 Å². The lowest BCUT2D eigenvalue weighted by molar-refractivity contribution is -0.128. The van der Waals surface area contributed by atoms with Crippen molar-refractivity contribution in [1.29, 1.82) is 0 Å². The summed E-state index contributed by atoms with van der Waals surface area (Å²) in [6.07, 6.45) is 1.24. The van der Waals surface area contributed by atoms with Crippen molar-refractivity contribution in [1.82, 2.24) is 5.01 Å². The van der Waals surface area contributed by atoms with Crippen molar-refractivity contribution in [2.75, 3.05) is 26.1 Å². The predicted molar refractivity (Wildman–Crippen MR) is 123 cm³/mol. The van der Waals surface area contributed by atoms with Crippen molar-refractivity contribution in [2.24, 2.45) is 10.1 Å². The summed E-state index contributed by atoms with van der Waals surface area (Å²) in [6.45, 7) is 2.35. The first-order valence-electron chi connectivity index (χ1n) is 9.93. The lowest BCUT2D eigenvalue weighted by Gasteiger charge is -2.11. The molecule has 0 aromatic heterocycles. The summed E-state index contributed by atoms with van der Waals surface area (Å²) in [5.74, 6) is -1.58. The van der Waals surface area contributed by atoms with Gasteiger partial charge < -0.3 is 14.8 Å². The lowest BCUT2D eigenvalue weighted by Crippen LogP contribution is -2.30. The van der Waals surface area contributed by atoms with Crippen molar-refractivity contribution < 1.29 is 27.8 Å². The number of hydrazone groups is 1. The normalized spacial score (nSPS) is 17.1. The fourth-order valence-electron chi connectivity index (χ4n) is 2.97. The van der Waals surface area contributed by atoms with Gasteiger partial charge in [0.05, 0.1) is 25.6 Å². The molecule has 2 amide bonds. The molecule has 0 radical (unpaired) electrons. The number of amides is 2. The fourth-order valence-corrected chi connectivity index (χ4v) is 4.00. The summed E-state index contributed by atoms with van der Waals surface area (Å²) in [5, 5.41) is 7.21. The molecule has 1 aliphatic heterocycles. The van der Waals surface area contributed by atoms with E-state index in [1.54, 1.807) is 18.2 Å². The van der Waals surface area contributed by atoms with Gasteiger partial charge in [-0.2, -0.15) is 10.1 Å². The second kappa shape index (κ2) is 10.9. The number of rotatable bonds is 8. The first-order chi connectivity index (χ1) is 15.9. The van der Waals surface area contributed by atoms with E-state index < -0.39 is 28.7 Å².